The number of hydrogen-bond donors (Lipinski definition) is 1. The van der Waals surface area contributed by atoms with Gasteiger partial charge in [0.05, 0.1) is 13.2 Å². The van der Waals surface area contributed by atoms with Crippen LogP contribution in [0.25, 0.3) is 22.5 Å². The van der Waals surface area contributed by atoms with E-state index in [4.69, 9.17) is 4.74 Å². The van der Waals surface area contributed by atoms with E-state index in [1.54, 1.807) is 0 Å². The van der Waals surface area contributed by atoms with E-state index in [2.05, 4.69) is 74.0 Å². The highest BCUT2D eigenvalue weighted by Gasteiger charge is 2.12. The Balaban J connectivity index is 1.57. The molecule has 0 radical (unpaired) electrons. The summed E-state index contributed by atoms with van der Waals surface area (Å²) in [6, 6.07) is 16.9. The fraction of sp³-hybridized carbons (Fsp3) is 0.261. The fourth-order valence-electron chi connectivity index (χ4n) is 3.28. The SMILES string of the molecule is C/C=C/Cc1nc(OCCC)nn1Cc1ccc(-c2ccccc2-c2nnn[nH]2)cc1. The third-order valence-electron chi connectivity index (χ3n) is 4.83. The lowest BCUT2D eigenvalue weighted by atomic mass is 9.98. The van der Waals surface area contributed by atoms with Gasteiger partial charge in [-0.05, 0) is 40.5 Å². The molecule has 2 heterocycles. The summed E-state index contributed by atoms with van der Waals surface area (Å²) in [7, 11) is 0. The van der Waals surface area contributed by atoms with Crippen LogP contribution in [0.3, 0.4) is 0 Å². The second-order valence-corrected chi connectivity index (χ2v) is 7.08. The third kappa shape index (κ3) is 4.85. The minimum atomic E-state index is 0.438. The number of ether oxygens (including phenoxy) is 1. The van der Waals surface area contributed by atoms with Crippen LogP contribution in [-0.4, -0.2) is 42.0 Å². The van der Waals surface area contributed by atoms with Crippen LogP contribution in [0.15, 0.2) is 60.7 Å². The van der Waals surface area contributed by atoms with Gasteiger partial charge in [-0.1, -0.05) is 67.6 Å². The standard InChI is InChI=1S/C23H25N7O/c1-3-5-10-21-24-23(31-15-4-2)27-30(21)16-17-11-13-18(14-12-17)19-8-6-7-9-20(19)22-25-28-29-26-22/h3,5-9,11-14H,4,10,15-16H2,1-2H3,(H,25,26,28,29)/b5-3+. The van der Waals surface area contributed by atoms with Crippen LogP contribution in [0.2, 0.25) is 0 Å². The van der Waals surface area contributed by atoms with Crippen LogP contribution in [-0.2, 0) is 13.0 Å². The predicted molar refractivity (Wildman–Crippen MR) is 118 cm³/mol. The van der Waals surface area contributed by atoms with Gasteiger partial charge in [0, 0.05) is 12.0 Å². The Morgan fingerprint density at radius 1 is 1.06 bits per heavy atom. The Labute approximate surface area is 181 Å². The maximum absolute atomic E-state index is 5.63. The highest BCUT2D eigenvalue weighted by molar-refractivity contribution is 5.80. The summed E-state index contributed by atoms with van der Waals surface area (Å²) in [6.45, 7) is 5.31. The van der Waals surface area contributed by atoms with Crippen molar-refractivity contribution in [3.8, 4) is 28.5 Å². The summed E-state index contributed by atoms with van der Waals surface area (Å²) in [5, 5.41) is 18.8. The van der Waals surface area contributed by atoms with Crippen molar-refractivity contribution in [2.45, 2.75) is 33.2 Å². The van der Waals surface area contributed by atoms with Crippen molar-refractivity contribution in [3.63, 3.8) is 0 Å². The molecular weight excluding hydrogens is 390 g/mol. The highest BCUT2D eigenvalue weighted by Crippen LogP contribution is 2.29. The number of aromatic amines is 1. The lowest BCUT2D eigenvalue weighted by Crippen LogP contribution is -2.06. The summed E-state index contributed by atoms with van der Waals surface area (Å²) in [5.41, 5.74) is 4.26. The average Bonchev–Trinajstić information content (AvgIpc) is 3.47. The maximum Gasteiger partial charge on any atom is 0.335 e. The van der Waals surface area contributed by atoms with E-state index in [0.717, 1.165) is 40.9 Å². The van der Waals surface area contributed by atoms with E-state index >= 15 is 0 Å². The molecule has 8 nitrogen and oxygen atoms in total. The second kappa shape index (κ2) is 9.80. The van der Waals surface area contributed by atoms with Gasteiger partial charge in [0.15, 0.2) is 5.82 Å². The molecule has 0 unspecified atom stereocenters. The number of hydrogen-bond acceptors (Lipinski definition) is 6. The quantitative estimate of drug-likeness (QED) is 0.414. The van der Waals surface area contributed by atoms with Crippen LogP contribution < -0.4 is 4.74 Å². The summed E-state index contributed by atoms with van der Waals surface area (Å²) in [6.07, 6.45) is 5.73. The molecule has 0 spiro atoms. The fourth-order valence-corrected chi connectivity index (χ4v) is 3.28. The van der Waals surface area contributed by atoms with Crippen molar-refractivity contribution in [2.24, 2.45) is 0 Å². The monoisotopic (exact) mass is 415 g/mol. The molecule has 0 aliphatic carbocycles. The summed E-state index contributed by atoms with van der Waals surface area (Å²) < 4.78 is 7.54. The molecule has 0 saturated heterocycles. The smallest absolute Gasteiger partial charge is 0.335 e. The molecule has 4 aromatic rings. The summed E-state index contributed by atoms with van der Waals surface area (Å²) in [4.78, 5) is 4.54. The van der Waals surface area contributed by atoms with E-state index in [9.17, 15) is 0 Å². The molecule has 0 aliphatic rings. The van der Waals surface area contributed by atoms with Gasteiger partial charge in [-0.2, -0.15) is 4.98 Å². The molecule has 1 N–H and O–H groups in total. The Hall–Kier alpha value is -3.81. The molecule has 0 amide bonds. The lowest BCUT2D eigenvalue weighted by Gasteiger charge is -2.09. The number of aromatic nitrogens is 7. The van der Waals surface area contributed by atoms with Crippen LogP contribution in [0.5, 0.6) is 6.01 Å². The minimum Gasteiger partial charge on any atom is -0.462 e. The Morgan fingerprint density at radius 3 is 2.58 bits per heavy atom. The first kappa shape index (κ1) is 20.5. The number of nitrogens with one attached hydrogen (secondary N) is 1. The van der Waals surface area contributed by atoms with Crippen molar-refractivity contribution in [1.82, 2.24) is 35.4 Å². The van der Waals surface area contributed by atoms with Crippen molar-refractivity contribution in [3.05, 3.63) is 72.1 Å². The van der Waals surface area contributed by atoms with E-state index in [1.165, 1.54) is 0 Å². The summed E-state index contributed by atoms with van der Waals surface area (Å²) in [5.74, 6) is 1.53. The third-order valence-corrected chi connectivity index (χ3v) is 4.83. The molecule has 0 atom stereocenters. The molecule has 31 heavy (non-hydrogen) atoms. The van der Waals surface area contributed by atoms with Gasteiger partial charge in [0.1, 0.15) is 5.82 Å². The first-order valence-electron chi connectivity index (χ1n) is 10.4. The molecule has 2 aromatic carbocycles. The molecule has 0 aliphatic heterocycles. The number of allylic oxidation sites excluding steroid dienone is 2. The van der Waals surface area contributed by atoms with Gasteiger partial charge in [0.2, 0.25) is 0 Å². The molecule has 0 saturated carbocycles. The van der Waals surface area contributed by atoms with Gasteiger partial charge < -0.3 is 4.74 Å². The highest BCUT2D eigenvalue weighted by atomic mass is 16.5. The normalized spacial score (nSPS) is 11.3. The van der Waals surface area contributed by atoms with Gasteiger partial charge in [-0.15, -0.1) is 10.2 Å². The Kier molecular flexibility index (Phi) is 6.47. The second-order valence-electron chi connectivity index (χ2n) is 7.08. The van der Waals surface area contributed by atoms with Crippen LogP contribution in [0, 0.1) is 0 Å². The molecule has 2 aromatic heterocycles. The number of benzene rings is 2. The largest absolute Gasteiger partial charge is 0.462 e. The van der Waals surface area contributed by atoms with E-state index in [-0.39, 0.29) is 0 Å². The van der Waals surface area contributed by atoms with Crippen LogP contribution >= 0.6 is 0 Å². The van der Waals surface area contributed by atoms with Crippen molar-refractivity contribution in [1.29, 1.82) is 0 Å². The molecule has 0 fully saturated rings. The van der Waals surface area contributed by atoms with Gasteiger partial charge >= 0.3 is 6.01 Å². The van der Waals surface area contributed by atoms with Crippen LogP contribution in [0.1, 0.15) is 31.7 Å². The average molecular weight is 416 g/mol. The Bertz CT molecular complexity index is 1130. The zero-order chi connectivity index (χ0) is 21.5. The molecule has 0 bridgehead atoms. The van der Waals surface area contributed by atoms with E-state index in [0.29, 0.717) is 25.0 Å². The lowest BCUT2D eigenvalue weighted by molar-refractivity contribution is 0.291. The zero-order valence-electron chi connectivity index (χ0n) is 17.7. The number of rotatable bonds is 9. The van der Waals surface area contributed by atoms with E-state index < -0.39 is 0 Å². The topological polar surface area (TPSA) is 94.4 Å². The maximum atomic E-state index is 5.63. The van der Waals surface area contributed by atoms with Crippen LogP contribution in [0.4, 0.5) is 0 Å². The van der Waals surface area contributed by atoms with Crippen molar-refractivity contribution < 1.29 is 4.74 Å². The number of H-pyrrole nitrogens is 1. The van der Waals surface area contributed by atoms with Gasteiger partial charge in [-0.3, -0.25) is 0 Å². The predicted octanol–water partition coefficient (Wildman–Crippen LogP) is 4.08. The first-order chi connectivity index (χ1) is 15.3. The first-order valence-corrected chi connectivity index (χ1v) is 10.4. The molecule has 8 heteroatoms. The zero-order valence-corrected chi connectivity index (χ0v) is 17.7. The molecular formula is C23H25N7O. The van der Waals surface area contributed by atoms with Gasteiger partial charge in [0.25, 0.3) is 0 Å². The van der Waals surface area contributed by atoms with Crippen molar-refractivity contribution in [2.75, 3.05) is 6.61 Å². The minimum absolute atomic E-state index is 0.438. The number of tetrazole rings is 1. The van der Waals surface area contributed by atoms with Gasteiger partial charge in [-0.25, -0.2) is 9.78 Å². The Morgan fingerprint density at radius 2 is 1.87 bits per heavy atom. The molecule has 158 valence electrons. The summed E-state index contributed by atoms with van der Waals surface area (Å²) >= 11 is 0. The number of nitrogens with zero attached hydrogens (tertiary/aromatic N) is 6. The van der Waals surface area contributed by atoms with E-state index in [1.807, 2.05) is 35.9 Å². The molecule has 4 rings (SSSR count). The van der Waals surface area contributed by atoms with Crippen molar-refractivity contribution >= 4 is 0 Å².